The monoisotopic (exact) mass is 480 g/mol. The Morgan fingerprint density at radius 3 is 1.87 bits per heavy atom. The third-order valence-electron chi connectivity index (χ3n) is 4.80. The van der Waals surface area contributed by atoms with E-state index in [2.05, 4.69) is 15.9 Å². The molecule has 0 amide bonds. The summed E-state index contributed by atoms with van der Waals surface area (Å²) in [4.78, 5) is 24.7. The van der Waals surface area contributed by atoms with Gasteiger partial charge in [-0.05, 0) is 24.1 Å². The van der Waals surface area contributed by atoms with Gasteiger partial charge in [0, 0.05) is 28.1 Å². The molecular formula is C22H25BrO7. The molecule has 7 nitrogen and oxygen atoms in total. The Balaban J connectivity index is 2.71. The van der Waals surface area contributed by atoms with Crippen LogP contribution in [0, 0.1) is 5.92 Å². The molecule has 0 spiro atoms. The maximum absolute atomic E-state index is 12.4. The second kappa shape index (κ2) is 10.9. The van der Waals surface area contributed by atoms with Crippen LogP contribution in [0.2, 0.25) is 0 Å². The van der Waals surface area contributed by atoms with Crippen molar-refractivity contribution in [2.24, 2.45) is 5.92 Å². The van der Waals surface area contributed by atoms with Gasteiger partial charge in [-0.3, -0.25) is 9.59 Å². The van der Waals surface area contributed by atoms with Gasteiger partial charge in [0.1, 0.15) is 17.2 Å². The van der Waals surface area contributed by atoms with Crippen LogP contribution in [-0.4, -0.2) is 47.5 Å². The summed E-state index contributed by atoms with van der Waals surface area (Å²) in [5.41, 5.74) is 1.53. The Hall–Kier alpha value is -2.74. The van der Waals surface area contributed by atoms with Gasteiger partial charge in [0.15, 0.2) is 5.92 Å². The summed E-state index contributed by atoms with van der Waals surface area (Å²) in [6.45, 7) is 0. The average molecular weight is 481 g/mol. The van der Waals surface area contributed by atoms with Gasteiger partial charge in [-0.25, -0.2) is 0 Å². The second-order valence-corrected chi connectivity index (χ2v) is 7.30. The van der Waals surface area contributed by atoms with E-state index >= 15 is 0 Å². The van der Waals surface area contributed by atoms with E-state index in [1.54, 1.807) is 19.2 Å². The molecule has 0 radical (unpaired) electrons. The van der Waals surface area contributed by atoms with Gasteiger partial charge in [-0.15, -0.1) is 0 Å². The molecule has 0 aliphatic rings. The first-order valence-electron chi connectivity index (χ1n) is 9.11. The van der Waals surface area contributed by atoms with Gasteiger partial charge in [0.05, 0.1) is 35.5 Å². The van der Waals surface area contributed by atoms with E-state index in [1.807, 2.05) is 24.3 Å². The van der Waals surface area contributed by atoms with Crippen molar-refractivity contribution < 1.29 is 33.3 Å². The molecule has 0 aliphatic heterocycles. The zero-order valence-electron chi connectivity index (χ0n) is 17.6. The molecule has 162 valence electrons. The minimum Gasteiger partial charge on any atom is -0.496 e. The molecule has 0 heterocycles. The molecule has 0 fully saturated rings. The first-order chi connectivity index (χ1) is 14.4. The zero-order valence-corrected chi connectivity index (χ0v) is 19.1. The SMILES string of the molecule is COC(=O)C(CC(c1cccc(Br)c1)c1c(OC)cc(OC)cc1OC)C(=O)OC. The third kappa shape index (κ3) is 5.24. The molecule has 0 aromatic heterocycles. The molecule has 1 atom stereocenters. The second-order valence-electron chi connectivity index (χ2n) is 6.39. The van der Waals surface area contributed by atoms with Gasteiger partial charge in [-0.2, -0.15) is 0 Å². The minimum atomic E-state index is -1.12. The maximum Gasteiger partial charge on any atom is 0.320 e. The summed E-state index contributed by atoms with van der Waals surface area (Å²) in [6, 6.07) is 11.0. The van der Waals surface area contributed by atoms with E-state index in [0.29, 0.717) is 22.8 Å². The molecule has 8 heteroatoms. The topological polar surface area (TPSA) is 80.3 Å². The van der Waals surface area contributed by atoms with E-state index in [0.717, 1.165) is 10.0 Å². The number of carbonyl (C=O) groups excluding carboxylic acids is 2. The number of methoxy groups -OCH3 is 5. The highest BCUT2D eigenvalue weighted by Crippen LogP contribution is 2.45. The number of rotatable bonds is 9. The van der Waals surface area contributed by atoms with Crippen molar-refractivity contribution in [2.45, 2.75) is 12.3 Å². The molecule has 0 aliphatic carbocycles. The van der Waals surface area contributed by atoms with Crippen LogP contribution >= 0.6 is 15.9 Å². The van der Waals surface area contributed by atoms with Gasteiger partial charge in [0.25, 0.3) is 0 Å². The molecule has 2 rings (SSSR count). The van der Waals surface area contributed by atoms with Crippen LogP contribution in [-0.2, 0) is 19.1 Å². The van der Waals surface area contributed by atoms with Crippen LogP contribution in [0.3, 0.4) is 0 Å². The number of hydrogen-bond acceptors (Lipinski definition) is 7. The van der Waals surface area contributed by atoms with Crippen molar-refractivity contribution in [3.05, 3.63) is 52.0 Å². The minimum absolute atomic E-state index is 0.0921. The largest absolute Gasteiger partial charge is 0.496 e. The van der Waals surface area contributed by atoms with Gasteiger partial charge in [-0.1, -0.05) is 28.1 Å². The molecule has 0 N–H and O–H groups in total. The number of halogens is 1. The highest BCUT2D eigenvalue weighted by molar-refractivity contribution is 9.10. The third-order valence-corrected chi connectivity index (χ3v) is 5.29. The number of carbonyl (C=O) groups is 2. The van der Waals surface area contributed by atoms with Crippen LogP contribution in [0.15, 0.2) is 40.9 Å². The van der Waals surface area contributed by atoms with Crippen LogP contribution in [0.1, 0.15) is 23.5 Å². The van der Waals surface area contributed by atoms with Gasteiger partial charge >= 0.3 is 11.9 Å². The van der Waals surface area contributed by atoms with E-state index < -0.39 is 23.8 Å². The molecule has 0 bridgehead atoms. The fraction of sp³-hybridized carbons (Fsp3) is 0.364. The standard InChI is InChI=1S/C22H25BrO7/c1-26-15-10-18(27-2)20(19(11-15)28-3)16(13-7-6-8-14(23)9-13)12-17(21(24)29-4)22(25)30-5/h6-11,16-17H,12H2,1-5H3. The first-order valence-corrected chi connectivity index (χ1v) is 9.90. The number of hydrogen-bond donors (Lipinski definition) is 0. The van der Waals surface area contributed by atoms with Crippen LogP contribution < -0.4 is 14.2 Å². The predicted molar refractivity (Wildman–Crippen MR) is 114 cm³/mol. The zero-order chi connectivity index (χ0) is 22.3. The maximum atomic E-state index is 12.4. The van der Waals surface area contributed by atoms with E-state index in [1.165, 1.54) is 28.4 Å². The van der Waals surface area contributed by atoms with Gasteiger partial charge < -0.3 is 23.7 Å². The fourth-order valence-corrected chi connectivity index (χ4v) is 3.75. The normalized spacial score (nSPS) is 11.6. The van der Waals surface area contributed by atoms with Crippen molar-refractivity contribution in [1.29, 1.82) is 0 Å². The Kier molecular flexibility index (Phi) is 8.53. The summed E-state index contributed by atoms with van der Waals surface area (Å²) in [5, 5.41) is 0. The molecular weight excluding hydrogens is 456 g/mol. The first kappa shape index (κ1) is 23.5. The molecule has 0 saturated carbocycles. The summed E-state index contributed by atoms with van der Waals surface area (Å²) in [7, 11) is 7.09. The predicted octanol–water partition coefficient (Wildman–Crippen LogP) is 3.96. The van der Waals surface area contributed by atoms with Crippen molar-refractivity contribution >= 4 is 27.9 Å². The van der Waals surface area contributed by atoms with Gasteiger partial charge in [0.2, 0.25) is 0 Å². The lowest BCUT2D eigenvalue weighted by atomic mass is 9.82. The summed E-state index contributed by atoms with van der Waals surface area (Å²) in [5.74, 6) is -1.35. The molecule has 0 saturated heterocycles. The summed E-state index contributed by atoms with van der Waals surface area (Å²) < 4.78 is 27.1. The van der Waals surface area contributed by atoms with Crippen molar-refractivity contribution in [1.82, 2.24) is 0 Å². The van der Waals surface area contributed by atoms with Crippen molar-refractivity contribution in [3.8, 4) is 17.2 Å². The highest BCUT2D eigenvalue weighted by atomic mass is 79.9. The number of benzene rings is 2. The molecule has 2 aromatic rings. The quantitative estimate of drug-likeness (QED) is 0.396. The van der Waals surface area contributed by atoms with E-state index in [4.69, 9.17) is 23.7 Å². The number of esters is 2. The summed E-state index contributed by atoms with van der Waals surface area (Å²) in [6.07, 6.45) is 0.0921. The lowest BCUT2D eigenvalue weighted by Gasteiger charge is -2.26. The molecule has 2 aromatic carbocycles. The fourth-order valence-electron chi connectivity index (χ4n) is 3.33. The lowest BCUT2D eigenvalue weighted by Crippen LogP contribution is -2.28. The van der Waals surface area contributed by atoms with Crippen LogP contribution in [0.4, 0.5) is 0 Å². The Morgan fingerprint density at radius 1 is 0.867 bits per heavy atom. The van der Waals surface area contributed by atoms with Crippen molar-refractivity contribution in [2.75, 3.05) is 35.5 Å². The highest BCUT2D eigenvalue weighted by Gasteiger charge is 2.35. The Bertz CT molecular complexity index is 856. The molecule has 30 heavy (non-hydrogen) atoms. The van der Waals surface area contributed by atoms with Crippen LogP contribution in [0.25, 0.3) is 0 Å². The Morgan fingerprint density at radius 2 is 1.43 bits per heavy atom. The van der Waals surface area contributed by atoms with Crippen LogP contribution in [0.5, 0.6) is 17.2 Å². The average Bonchev–Trinajstić information content (AvgIpc) is 2.78. The summed E-state index contributed by atoms with van der Waals surface area (Å²) >= 11 is 3.48. The van der Waals surface area contributed by atoms with Crippen molar-refractivity contribution in [3.63, 3.8) is 0 Å². The smallest absolute Gasteiger partial charge is 0.320 e. The van der Waals surface area contributed by atoms with E-state index in [-0.39, 0.29) is 6.42 Å². The lowest BCUT2D eigenvalue weighted by molar-refractivity contribution is -0.159. The van der Waals surface area contributed by atoms with E-state index in [9.17, 15) is 9.59 Å². The number of ether oxygens (including phenoxy) is 5. The Labute approximate surface area is 184 Å². The molecule has 1 unspecified atom stereocenters.